The minimum absolute atomic E-state index is 0.409. The molecule has 2 nitrogen and oxygen atoms in total. The van der Waals surface area contributed by atoms with E-state index in [1.54, 1.807) is 0 Å². The molecule has 0 unspecified atom stereocenters. The second-order valence-electron chi connectivity index (χ2n) is 7.64. The van der Waals surface area contributed by atoms with Crippen LogP contribution >= 0.6 is 6.89 Å². The van der Waals surface area contributed by atoms with Crippen LogP contribution in [-0.2, 0) is 0 Å². The van der Waals surface area contributed by atoms with Gasteiger partial charge >= 0.3 is 0 Å². The molecule has 0 spiro atoms. The monoisotopic (exact) mass is 432 g/mol. The zero-order valence-corrected chi connectivity index (χ0v) is 18.3. The van der Waals surface area contributed by atoms with Crippen LogP contribution in [0.5, 0.6) is 0 Å². The molecule has 0 saturated heterocycles. The summed E-state index contributed by atoms with van der Waals surface area (Å²) in [6.07, 6.45) is 0. The average molecular weight is 432 g/mol. The highest BCUT2D eigenvalue weighted by molar-refractivity contribution is 7.89. The lowest BCUT2D eigenvalue weighted by Crippen LogP contribution is -2.29. The van der Waals surface area contributed by atoms with E-state index >= 15 is 0 Å². The molecule has 0 radical (unpaired) electrons. The minimum atomic E-state index is -2.58. The summed E-state index contributed by atoms with van der Waals surface area (Å²) in [5, 5.41) is 3.16. The van der Waals surface area contributed by atoms with Gasteiger partial charge in [-0.1, -0.05) is 121 Å². The number of benzene rings is 4. The maximum atomic E-state index is 13.6. The highest BCUT2D eigenvalue weighted by Crippen LogP contribution is 2.47. The van der Waals surface area contributed by atoms with Crippen LogP contribution in [0.3, 0.4) is 0 Å². The molecular formula is C29H21O2P. The van der Waals surface area contributed by atoms with Crippen molar-refractivity contribution in [1.29, 1.82) is 0 Å². The van der Waals surface area contributed by atoms with E-state index in [4.69, 9.17) is 0 Å². The van der Waals surface area contributed by atoms with Gasteiger partial charge in [-0.2, -0.15) is 0 Å². The molecule has 0 aliphatic heterocycles. The van der Waals surface area contributed by atoms with Gasteiger partial charge in [0.1, 0.15) is 0 Å². The molecule has 3 heteroatoms. The van der Waals surface area contributed by atoms with Gasteiger partial charge in [-0.05, 0) is 34.4 Å². The van der Waals surface area contributed by atoms with Crippen LogP contribution in [0.25, 0.3) is 11.1 Å². The molecule has 0 fully saturated rings. The maximum Gasteiger partial charge on any atom is 0.234 e. The third-order valence-electron chi connectivity index (χ3n) is 5.84. The van der Waals surface area contributed by atoms with Gasteiger partial charge in [0.2, 0.25) is 10.9 Å². The second kappa shape index (κ2) is 8.42. The smallest absolute Gasteiger partial charge is 0.234 e. The van der Waals surface area contributed by atoms with Gasteiger partial charge in [0.05, 0.1) is 0 Å². The molecule has 0 atom stereocenters. The Labute approximate surface area is 186 Å². The van der Waals surface area contributed by atoms with Crippen LogP contribution in [0.1, 0.15) is 0 Å². The lowest BCUT2D eigenvalue weighted by Gasteiger charge is -2.28. The molecule has 0 amide bonds. The van der Waals surface area contributed by atoms with Crippen LogP contribution in [-0.4, -0.2) is 0 Å². The molecule has 32 heavy (non-hydrogen) atoms. The van der Waals surface area contributed by atoms with E-state index < -0.39 is 17.7 Å². The summed E-state index contributed by atoms with van der Waals surface area (Å²) < 4.78 is 0. The molecule has 0 saturated carbocycles. The fourth-order valence-electron chi connectivity index (χ4n) is 4.41. The molecule has 0 aliphatic rings. The van der Waals surface area contributed by atoms with Crippen molar-refractivity contribution < 1.29 is 0 Å². The van der Waals surface area contributed by atoms with E-state index in [1.807, 2.05) is 91.0 Å². The zero-order chi connectivity index (χ0) is 22.0. The minimum Gasteiger partial charge on any atom is -0.285 e. The van der Waals surface area contributed by atoms with Crippen molar-refractivity contribution in [3.05, 3.63) is 153 Å². The van der Waals surface area contributed by atoms with Crippen molar-refractivity contribution in [3.8, 4) is 11.1 Å². The van der Waals surface area contributed by atoms with Gasteiger partial charge in [-0.3, -0.25) is 9.59 Å². The van der Waals surface area contributed by atoms with Crippen LogP contribution < -0.4 is 26.8 Å². The number of rotatable bonds is 4. The van der Waals surface area contributed by atoms with Gasteiger partial charge in [0.15, 0.2) is 0 Å². The fourth-order valence-corrected chi connectivity index (χ4v) is 8.72. The first kappa shape index (κ1) is 20.2. The third kappa shape index (κ3) is 3.21. The Kier molecular flexibility index (Phi) is 5.31. The predicted octanol–water partition coefficient (Wildman–Crippen LogP) is 4.48. The molecule has 0 bridgehead atoms. The van der Waals surface area contributed by atoms with Crippen LogP contribution in [0.15, 0.2) is 137 Å². The molecule has 0 heterocycles. The lowest BCUT2D eigenvalue weighted by atomic mass is 10.1. The summed E-state index contributed by atoms with van der Waals surface area (Å²) in [6.45, 7) is -2.58. The van der Waals surface area contributed by atoms with Gasteiger partial charge in [0.25, 0.3) is 0 Å². The van der Waals surface area contributed by atoms with Crippen molar-refractivity contribution in [2.75, 3.05) is 0 Å². The molecule has 0 aliphatic carbocycles. The van der Waals surface area contributed by atoms with E-state index in [2.05, 4.69) is 36.4 Å². The molecule has 154 valence electrons. The number of hydrogen-bond acceptors (Lipinski definition) is 2. The van der Waals surface area contributed by atoms with E-state index in [0.717, 1.165) is 21.5 Å². The van der Waals surface area contributed by atoms with Crippen molar-refractivity contribution in [1.82, 2.24) is 0 Å². The Hall–Kier alpha value is -3.74. The van der Waals surface area contributed by atoms with E-state index in [9.17, 15) is 9.59 Å². The van der Waals surface area contributed by atoms with Gasteiger partial charge < -0.3 is 0 Å². The van der Waals surface area contributed by atoms with Gasteiger partial charge in [-0.25, -0.2) is 0 Å². The summed E-state index contributed by atoms with van der Waals surface area (Å²) in [5.41, 5.74) is 0.401. The fraction of sp³-hybridized carbons (Fsp3) is 0. The summed E-state index contributed by atoms with van der Waals surface area (Å²) in [4.78, 5) is 27.5. The molecule has 5 aromatic rings. The normalized spacial score (nSPS) is 11.4. The molecule has 5 aromatic carbocycles. The predicted molar refractivity (Wildman–Crippen MR) is 135 cm³/mol. The molecular weight excluding hydrogens is 411 g/mol. The standard InChI is InChI=1S/C29H21O2P/c30-28-26(22-13-5-1-6-14-22)21-27(29(28)31)32(23-15-7-2-8-16-23,24-17-9-3-10-18-24)25-19-11-4-12-20-25/h1-21H. The van der Waals surface area contributed by atoms with Crippen molar-refractivity contribution in [2.45, 2.75) is 0 Å². The Morgan fingerprint density at radius 2 is 0.812 bits per heavy atom. The average Bonchev–Trinajstić information content (AvgIpc) is 3.17. The van der Waals surface area contributed by atoms with E-state index in [0.29, 0.717) is 10.5 Å². The lowest BCUT2D eigenvalue weighted by molar-refractivity contribution is 1.56. The van der Waals surface area contributed by atoms with E-state index in [-0.39, 0.29) is 0 Å². The van der Waals surface area contributed by atoms with Crippen molar-refractivity contribution in [2.24, 2.45) is 0 Å². The third-order valence-corrected chi connectivity index (χ3v) is 10.1. The maximum absolute atomic E-state index is 13.6. The molecule has 0 aromatic heterocycles. The summed E-state index contributed by atoms with van der Waals surface area (Å²) in [5.74, 6) is 0. The Bertz CT molecular complexity index is 1430. The topological polar surface area (TPSA) is 34.1 Å². The highest BCUT2D eigenvalue weighted by Gasteiger charge is 2.29. The second-order valence-corrected chi connectivity index (χ2v) is 11.0. The largest absolute Gasteiger partial charge is 0.285 e. The van der Waals surface area contributed by atoms with Crippen LogP contribution in [0.4, 0.5) is 0 Å². The summed E-state index contributed by atoms with van der Waals surface area (Å²) >= 11 is 0. The van der Waals surface area contributed by atoms with Gasteiger partial charge in [0, 0.05) is 10.5 Å². The Morgan fingerprint density at radius 1 is 0.438 bits per heavy atom. The SMILES string of the molecule is O=c1c(-c2ccccc2)cc(=P(c2ccccc2)(c2ccccc2)c2ccccc2)c1=O. The van der Waals surface area contributed by atoms with Gasteiger partial charge in [-0.15, -0.1) is 0 Å². The Balaban J connectivity index is 2.08. The van der Waals surface area contributed by atoms with Crippen molar-refractivity contribution in [3.63, 3.8) is 0 Å². The summed E-state index contributed by atoms with van der Waals surface area (Å²) in [7, 11) is 0. The first-order valence-electron chi connectivity index (χ1n) is 10.5. The van der Waals surface area contributed by atoms with Crippen LogP contribution in [0, 0.1) is 4.94 Å². The van der Waals surface area contributed by atoms with Crippen molar-refractivity contribution >= 4 is 22.8 Å². The summed E-state index contributed by atoms with van der Waals surface area (Å²) in [6, 6.07) is 41.7. The van der Waals surface area contributed by atoms with E-state index in [1.165, 1.54) is 0 Å². The first-order chi connectivity index (χ1) is 15.7. The molecule has 0 N–H and O–H groups in total. The Morgan fingerprint density at radius 3 is 1.22 bits per heavy atom. The highest BCUT2D eigenvalue weighted by atomic mass is 31.2. The number of hydrogen-bond donors (Lipinski definition) is 0. The molecule has 5 rings (SSSR count). The quantitative estimate of drug-likeness (QED) is 0.310. The zero-order valence-electron chi connectivity index (χ0n) is 17.4. The first-order valence-corrected chi connectivity index (χ1v) is 12.3. The van der Waals surface area contributed by atoms with Crippen LogP contribution in [0.2, 0.25) is 0 Å².